The van der Waals surface area contributed by atoms with Crippen molar-refractivity contribution in [3.63, 3.8) is 0 Å². The lowest BCUT2D eigenvalue weighted by atomic mass is 9.85. The van der Waals surface area contributed by atoms with Crippen LogP contribution in [0.25, 0.3) is 0 Å². The summed E-state index contributed by atoms with van der Waals surface area (Å²) in [7, 11) is 1.67. The van der Waals surface area contributed by atoms with Gasteiger partial charge in [0, 0.05) is 37.3 Å². The third-order valence-corrected chi connectivity index (χ3v) is 7.16. The zero-order valence-electron chi connectivity index (χ0n) is 27.9. The molecule has 0 aliphatic carbocycles. The van der Waals surface area contributed by atoms with Crippen molar-refractivity contribution in [2.75, 3.05) is 63.5 Å². The van der Waals surface area contributed by atoms with Gasteiger partial charge in [0.15, 0.2) is 0 Å². The molecule has 2 aromatic rings. The van der Waals surface area contributed by atoms with Crippen LogP contribution in [0.4, 0.5) is 11.4 Å². The molecule has 0 atom stereocenters. The Balaban J connectivity index is 0.000000358. The molecule has 1 aromatic carbocycles. The van der Waals surface area contributed by atoms with E-state index in [1.165, 1.54) is 11.8 Å². The van der Waals surface area contributed by atoms with Crippen molar-refractivity contribution in [1.29, 1.82) is 0 Å². The number of nitrogens with one attached hydrogen (secondary N) is 3. The molecule has 1 aliphatic rings. The van der Waals surface area contributed by atoms with Gasteiger partial charge in [0.2, 0.25) is 6.41 Å². The number of carbonyl (C=O) groups is 2. The second-order valence-corrected chi connectivity index (χ2v) is 12.1. The van der Waals surface area contributed by atoms with Gasteiger partial charge in [-0.1, -0.05) is 38.8 Å². The van der Waals surface area contributed by atoms with E-state index in [0.717, 1.165) is 49.9 Å². The fourth-order valence-corrected chi connectivity index (χ4v) is 4.60. The van der Waals surface area contributed by atoms with Gasteiger partial charge < -0.3 is 29.6 Å². The number of morpholine rings is 1. The van der Waals surface area contributed by atoms with E-state index in [1.807, 2.05) is 25.3 Å². The van der Waals surface area contributed by atoms with E-state index < -0.39 is 0 Å². The molecule has 10 nitrogen and oxygen atoms in total. The zero-order valence-corrected chi connectivity index (χ0v) is 28.7. The summed E-state index contributed by atoms with van der Waals surface area (Å²) in [4.78, 5) is 29.5. The van der Waals surface area contributed by atoms with Crippen LogP contribution in [-0.4, -0.2) is 75.0 Å². The number of carbonyl (C=O) groups excluding carboxylic acids is 2. The van der Waals surface area contributed by atoms with Crippen LogP contribution in [-0.2, 0) is 14.3 Å². The SMILES string of the molecule is CO/C=C(C)/C=C(\C=C(/C)NSC)C(C)(C)C.Cc1ncc(NC=O)cc1C(=O)Nc1ccc(OCCN2CCOCC2)cc1. The van der Waals surface area contributed by atoms with E-state index in [4.69, 9.17) is 14.2 Å². The normalized spacial score (nSPS) is 14.5. The minimum Gasteiger partial charge on any atom is -0.504 e. The average molecular weight is 640 g/mol. The molecule has 0 bridgehead atoms. The number of aromatic nitrogens is 1. The minimum absolute atomic E-state index is 0.115. The molecule has 11 heteroatoms. The van der Waals surface area contributed by atoms with Gasteiger partial charge in [-0.3, -0.25) is 19.5 Å². The maximum Gasteiger partial charge on any atom is 0.257 e. The number of benzene rings is 1. The Morgan fingerprint density at radius 1 is 1.11 bits per heavy atom. The molecule has 3 rings (SSSR count). The van der Waals surface area contributed by atoms with Crippen molar-refractivity contribution in [1.82, 2.24) is 14.6 Å². The number of rotatable bonds is 13. The van der Waals surface area contributed by atoms with E-state index in [0.29, 0.717) is 35.6 Å². The molecule has 1 aliphatic heterocycles. The van der Waals surface area contributed by atoms with Crippen LogP contribution < -0.4 is 20.1 Å². The van der Waals surface area contributed by atoms with Crippen molar-refractivity contribution >= 4 is 35.6 Å². The second kappa shape index (κ2) is 19.6. The van der Waals surface area contributed by atoms with E-state index in [-0.39, 0.29) is 11.3 Å². The highest BCUT2D eigenvalue weighted by molar-refractivity contribution is 7.96. The first-order valence-corrected chi connectivity index (χ1v) is 16.1. The fourth-order valence-electron chi connectivity index (χ4n) is 4.22. The molecule has 2 amide bonds. The summed E-state index contributed by atoms with van der Waals surface area (Å²) in [5.41, 5.74) is 5.77. The predicted octanol–water partition coefficient (Wildman–Crippen LogP) is 6.20. The monoisotopic (exact) mass is 639 g/mol. The molecular weight excluding hydrogens is 590 g/mol. The smallest absolute Gasteiger partial charge is 0.257 e. The molecule has 1 fully saturated rings. The molecule has 0 unspecified atom stereocenters. The Morgan fingerprint density at radius 2 is 1.80 bits per heavy atom. The van der Waals surface area contributed by atoms with Crippen LogP contribution in [0.3, 0.4) is 0 Å². The van der Waals surface area contributed by atoms with E-state index in [2.05, 4.69) is 65.1 Å². The van der Waals surface area contributed by atoms with Crippen LogP contribution in [0.2, 0.25) is 0 Å². The highest BCUT2D eigenvalue weighted by Gasteiger charge is 2.16. The number of nitrogens with zero attached hydrogens (tertiary/aromatic N) is 2. The molecule has 1 saturated heterocycles. The van der Waals surface area contributed by atoms with Crippen molar-refractivity contribution in [3.8, 4) is 5.75 Å². The summed E-state index contributed by atoms with van der Waals surface area (Å²) in [6.45, 7) is 17.4. The summed E-state index contributed by atoms with van der Waals surface area (Å²) in [5, 5.41) is 5.33. The van der Waals surface area contributed by atoms with Gasteiger partial charge in [0.25, 0.3) is 5.91 Å². The lowest BCUT2D eigenvalue weighted by Crippen LogP contribution is -2.38. The van der Waals surface area contributed by atoms with Gasteiger partial charge in [-0.2, -0.15) is 0 Å². The largest absolute Gasteiger partial charge is 0.504 e. The van der Waals surface area contributed by atoms with Gasteiger partial charge in [-0.25, -0.2) is 0 Å². The van der Waals surface area contributed by atoms with Crippen molar-refractivity contribution in [2.45, 2.75) is 41.5 Å². The minimum atomic E-state index is -0.291. The van der Waals surface area contributed by atoms with Crippen LogP contribution in [0.5, 0.6) is 5.75 Å². The fraction of sp³-hybridized carbons (Fsp3) is 0.441. The number of hydrogen-bond donors (Lipinski definition) is 3. The van der Waals surface area contributed by atoms with Crippen molar-refractivity contribution in [2.24, 2.45) is 5.41 Å². The number of hydrogen-bond acceptors (Lipinski definition) is 9. The summed E-state index contributed by atoms with van der Waals surface area (Å²) >= 11 is 1.61. The van der Waals surface area contributed by atoms with Gasteiger partial charge in [0.05, 0.1) is 49.7 Å². The quantitative estimate of drug-likeness (QED) is 0.102. The number of amides is 2. The van der Waals surface area contributed by atoms with Crippen LogP contribution in [0.15, 0.2) is 71.8 Å². The molecule has 0 saturated carbocycles. The van der Waals surface area contributed by atoms with E-state index in [1.54, 1.807) is 50.4 Å². The maximum absolute atomic E-state index is 12.5. The number of aryl methyl sites for hydroxylation is 1. The highest BCUT2D eigenvalue weighted by Crippen LogP contribution is 2.28. The average Bonchev–Trinajstić information content (AvgIpc) is 2.99. The van der Waals surface area contributed by atoms with Crippen LogP contribution >= 0.6 is 11.9 Å². The number of anilines is 2. The third kappa shape index (κ3) is 14.2. The Morgan fingerprint density at radius 3 is 2.40 bits per heavy atom. The zero-order chi connectivity index (χ0) is 33.2. The molecule has 1 aromatic heterocycles. The summed E-state index contributed by atoms with van der Waals surface area (Å²) in [6, 6.07) is 8.82. The lowest BCUT2D eigenvalue weighted by Gasteiger charge is -2.26. The molecule has 45 heavy (non-hydrogen) atoms. The molecule has 2 heterocycles. The number of ether oxygens (including phenoxy) is 3. The molecular formula is C34H49N5O5S. The summed E-state index contributed by atoms with van der Waals surface area (Å²) < 4.78 is 19.4. The van der Waals surface area contributed by atoms with Gasteiger partial charge in [-0.15, -0.1) is 0 Å². The Bertz CT molecular complexity index is 1310. The Labute approximate surface area is 272 Å². The highest BCUT2D eigenvalue weighted by atomic mass is 32.2. The van der Waals surface area contributed by atoms with Crippen LogP contribution in [0, 0.1) is 12.3 Å². The maximum atomic E-state index is 12.5. The van der Waals surface area contributed by atoms with Gasteiger partial charge in [-0.05, 0) is 73.7 Å². The first kappa shape index (κ1) is 37.4. The number of allylic oxidation sites excluding steroid dienone is 5. The topological polar surface area (TPSA) is 114 Å². The second-order valence-electron chi connectivity index (χ2n) is 11.5. The first-order chi connectivity index (χ1) is 21.5. The Hall–Kier alpha value is -3.80. The summed E-state index contributed by atoms with van der Waals surface area (Å²) in [5.74, 6) is 0.460. The van der Waals surface area contributed by atoms with Gasteiger partial charge >= 0.3 is 0 Å². The number of methoxy groups -OCH3 is 1. The lowest BCUT2D eigenvalue weighted by molar-refractivity contribution is -0.105. The standard InChI is InChI=1S/C20H24N4O4.C14H25NOS/c1-15-19(12-17(13-21-15)22-14-25)20(26)23-16-2-4-18(5-3-16)28-11-8-24-6-9-27-10-7-24;1-11(10-16-6)8-13(14(3,4)5)9-12(2)15-17-7/h2-5,12-14H,6-11H2,1H3,(H,22,25)(H,23,26);8-10,15H,1-7H3/b;11-10+,12-9+,13-8+. The van der Waals surface area contributed by atoms with Gasteiger partial charge in [0.1, 0.15) is 12.4 Å². The molecule has 0 radical (unpaired) electrons. The van der Waals surface area contributed by atoms with E-state index >= 15 is 0 Å². The number of pyridine rings is 1. The predicted molar refractivity (Wildman–Crippen MR) is 185 cm³/mol. The summed E-state index contributed by atoms with van der Waals surface area (Å²) in [6.07, 6.45) is 10.2. The van der Waals surface area contributed by atoms with Crippen molar-refractivity contribution in [3.05, 3.63) is 83.0 Å². The first-order valence-electron chi connectivity index (χ1n) is 14.9. The van der Waals surface area contributed by atoms with E-state index in [9.17, 15) is 9.59 Å². The molecule has 0 spiro atoms. The Kier molecular flexibility index (Phi) is 16.2. The van der Waals surface area contributed by atoms with Crippen LogP contribution in [0.1, 0.15) is 50.7 Å². The van der Waals surface area contributed by atoms with Crippen molar-refractivity contribution < 1.29 is 23.8 Å². The molecule has 246 valence electrons. The molecule has 3 N–H and O–H groups in total. The third-order valence-electron chi connectivity index (χ3n) is 6.64.